The number of ether oxygens (including phenoxy) is 1. The molecule has 2 rings (SSSR count). The normalized spacial score (nSPS) is 22.3. The maximum atomic E-state index is 12.5. The SMILES string of the molecule is CC(C)COCCCN1C(=O)C(c2ccccc2)NC1C. The number of nitrogens with zero attached hydrogens (tertiary/aromatic N) is 1. The Morgan fingerprint density at radius 3 is 2.67 bits per heavy atom. The minimum Gasteiger partial charge on any atom is -0.381 e. The number of hydrogen-bond donors (Lipinski definition) is 1. The summed E-state index contributed by atoms with van der Waals surface area (Å²) in [7, 11) is 0. The Morgan fingerprint density at radius 2 is 2.00 bits per heavy atom. The number of carbonyl (C=O) groups excluding carboxylic acids is 1. The van der Waals surface area contributed by atoms with Crippen molar-refractivity contribution in [2.45, 2.75) is 39.4 Å². The van der Waals surface area contributed by atoms with Gasteiger partial charge in [0.2, 0.25) is 5.91 Å². The fourth-order valence-electron chi connectivity index (χ4n) is 2.60. The summed E-state index contributed by atoms with van der Waals surface area (Å²) < 4.78 is 5.58. The average molecular weight is 290 g/mol. The second kappa shape index (κ2) is 7.57. The van der Waals surface area contributed by atoms with Crippen LogP contribution in [-0.4, -0.2) is 36.7 Å². The molecule has 0 aromatic heterocycles. The summed E-state index contributed by atoms with van der Waals surface area (Å²) >= 11 is 0. The van der Waals surface area contributed by atoms with Gasteiger partial charge in [0, 0.05) is 19.8 Å². The van der Waals surface area contributed by atoms with Gasteiger partial charge in [0.25, 0.3) is 0 Å². The van der Waals surface area contributed by atoms with Crippen molar-refractivity contribution in [3.63, 3.8) is 0 Å². The lowest BCUT2D eigenvalue weighted by Gasteiger charge is -2.20. The molecule has 0 spiro atoms. The molecule has 1 aliphatic heterocycles. The quantitative estimate of drug-likeness (QED) is 0.785. The van der Waals surface area contributed by atoms with Crippen LogP contribution in [-0.2, 0) is 9.53 Å². The van der Waals surface area contributed by atoms with Gasteiger partial charge in [0.05, 0.1) is 6.17 Å². The van der Waals surface area contributed by atoms with Crippen LogP contribution in [0.5, 0.6) is 0 Å². The maximum absolute atomic E-state index is 12.5. The molecule has 0 radical (unpaired) electrons. The van der Waals surface area contributed by atoms with E-state index in [1.54, 1.807) is 0 Å². The zero-order chi connectivity index (χ0) is 15.2. The summed E-state index contributed by atoms with van der Waals surface area (Å²) in [5.41, 5.74) is 1.04. The highest BCUT2D eigenvalue weighted by atomic mass is 16.5. The van der Waals surface area contributed by atoms with Crippen LogP contribution in [0.3, 0.4) is 0 Å². The minimum absolute atomic E-state index is 0.0767. The van der Waals surface area contributed by atoms with Crippen LogP contribution in [0, 0.1) is 5.92 Å². The van der Waals surface area contributed by atoms with Gasteiger partial charge in [-0.2, -0.15) is 0 Å². The van der Waals surface area contributed by atoms with Crippen LogP contribution >= 0.6 is 0 Å². The van der Waals surface area contributed by atoms with E-state index < -0.39 is 0 Å². The number of rotatable bonds is 7. The van der Waals surface area contributed by atoms with Crippen molar-refractivity contribution in [2.24, 2.45) is 5.92 Å². The molecular formula is C17H26N2O2. The lowest BCUT2D eigenvalue weighted by molar-refractivity contribution is -0.130. The van der Waals surface area contributed by atoms with Gasteiger partial charge in [-0.15, -0.1) is 0 Å². The first-order valence-corrected chi connectivity index (χ1v) is 7.79. The Morgan fingerprint density at radius 1 is 1.29 bits per heavy atom. The molecule has 1 N–H and O–H groups in total. The minimum atomic E-state index is -0.210. The van der Waals surface area contributed by atoms with E-state index in [1.807, 2.05) is 42.2 Å². The van der Waals surface area contributed by atoms with Crippen molar-refractivity contribution in [1.29, 1.82) is 0 Å². The van der Waals surface area contributed by atoms with Gasteiger partial charge < -0.3 is 9.64 Å². The summed E-state index contributed by atoms with van der Waals surface area (Å²) in [6, 6.07) is 9.69. The highest BCUT2D eigenvalue weighted by Gasteiger charge is 2.36. The summed E-state index contributed by atoms with van der Waals surface area (Å²) in [5.74, 6) is 0.721. The van der Waals surface area contributed by atoms with Gasteiger partial charge in [0.1, 0.15) is 6.04 Å². The lowest BCUT2D eigenvalue weighted by Crippen LogP contribution is -2.35. The van der Waals surface area contributed by atoms with Gasteiger partial charge in [-0.3, -0.25) is 10.1 Å². The molecule has 1 aromatic carbocycles. The average Bonchev–Trinajstić information content (AvgIpc) is 2.75. The predicted molar refractivity (Wildman–Crippen MR) is 83.8 cm³/mol. The molecule has 21 heavy (non-hydrogen) atoms. The second-order valence-corrected chi connectivity index (χ2v) is 6.04. The van der Waals surface area contributed by atoms with E-state index in [0.717, 1.165) is 25.1 Å². The standard InChI is InChI=1S/C17H26N2O2/c1-13(2)12-21-11-7-10-19-14(3)18-16(17(19)20)15-8-5-4-6-9-15/h4-6,8-9,13-14,16,18H,7,10-12H2,1-3H3. The fraction of sp³-hybridized carbons (Fsp3) is 0.588. The highest BCUT2D eigenvalue weighted by Crippen LogP contribution is 2.23. The van der Waals surface area contributed by atoms with Crippen molar-refractivity contribution in [2.75, 3.05) is 19.8 Å². The molecule has 1 aliphatic rings. The van der Waals surface area contributed by atoms with E-state index in [-0.39, 0.29) is 18.1 Å². The number of benzene rings is 1. The number of carbonyl (C=O) groups is 1. The molecule has 4 nitrogen and oxygen atoms in total. The summed E-state index contributed by atoms with van der Waals surface area (Å²) in [6.45, 7) is 8.56. The molecule has 1 fully saturated rings. The molecule has 2 unspecified atom stereocenters. The monoisotopic (exact) mass is 290 g/mol. The third-order valence-electron chi connectivity index (χ3n) is 3.68. The number of amides is 1. The van der Waals surface area contributed by atoms with E-state index in [1.165, 1.54) is 0 Å². The van der Waals surface area contributed by atoms with Crippen LogP contribution in [0.25, 0.3) is 0 Å². The second-order valence-electron chi connectivity index (χ2n) is 6.04. The van der Waals surface area contributed by atoms with E-state index in [4.69, 9.17) is 4.74 Å². The summed E-state index contributed by atoms with van der Waals surface area (Å²) in [5, 5.41) is 3.36. The van der Waals surface area contributed by atoms with Crippen LogP contribution < -0.4 is 5.32 Å². The molecule has 2 atom stereocenters. The first-order valence-electron chi connectivity index (χ1n) is 7.79. The molecule has 0 aliphatic carbocycles. The van der Waals surface area contributed by atoms with Crippen LogP contribution in [0.15, 0.2) is 30.3 Å². The molecule has 0 saturated carbocycles. The molecular weight excluding hydrogens is 264 g/mol. The van der Waals surface area contributed by atoms with E-state index >= 15 is 0 Å². The molecule has 4 heteroatoms. The molecule has 1 saturated heterocycles. The third kappa shape index (κ3) is 4.29. The number of hydrogen-bond acceptors (Lipinski definition) is 3. The van der Waals surface area contributed by atoms with Crippen molar-refractivity contribution >= 4 is 5.91 Å². The molecule has 116 valence electrons. The Hall–Kier alpha value is -1.39. The van der Waals surface area contributed by atoms with Crippen molar-refractivity contribution in [3.05, 3.63) is 35.9 Å². The van der Waals surface area contributed by atoms with Gasteiger partial charge in [-0.25, -0.2) is 0 Å². The summed E-state index contributed by atoms with van der Waals surface area (Å²) in [6.07, 6.45) is 0.958. The number of nitrogens with one attached hydrogen (secondary N) is 1. The van der Waals surface area contributed by atoms with Gasteiger partial charge in [-0.1, -0.05) is 44.2 Å². The predicted octanol–water partition coefficient (Wildman–Crippen LogP) is 2.57. The van der Waals surface area contributed by atoms with Gasteiger partial charge in [0.15, 0.2) is 0 Å². The lowest BCUT2D eigenvalue weighted by atomic mass is 10.1. The first kappa shape index (κ1) is 16.0. The largest absolute Gasteiger partial charge is 0.381 e. The maximum Gasteiger partial charge on any atom is 0.245 e. The van der Waals surface area contributed by atoms with E-state index in [2.05, 4.69) is 19.2 Å². The fourth-order valence-corrected chi connectivity index (χ4v) is 2.60. The Kier molecular flexibility index (Phi) is 5.76. The third-order valence-corrected chi connectivity index (χ3v) is 3.68. The van der Waals surface area contributed by atoms with Crippen LogP contribution in [0.1, 0.15) is 38.8 Å². The topological polar surface area (TPSA) is 41.6 Å². The Bertz CT molecular complexity index is 447. The van der Waals surface area contributed by atoms with Crippen molar-refractivity contribution in [3.8, 4) is 0 Å². The zero-order valence-corrected chi connectivity index (χ0v) is 13.2. The Labute approximate surface area is 127 Å². The molecule has 1 amide bonds. The van der Waals surface area contributed by atoms with Gasteiger partial charge in [-0.05, 0) is 24.8 Å². The molecule has 1 aromatic rings. The molecule has 0 bridgehead atoms. The highest BCUT2D eigenvalue weighted by molar-refractivity contribution is 5.85. The van der Waals surface area contributed by atoms with Gasteiger partial charge >= 0.3 is 0 Å². The van der Waals surface area contributed by atoms with Crippen LogP contribution in [0.4, 0.5) is 0 Å². The molecule has 1 heterocycles. The zero-order valence-electron chi connectivity index (χ0n) is 13.2. The summed E-state index contributed by atoms with van der Waals surface area (Å²) in [4.78, 5) is 14.4. The van der Waals surface area contributed by atoms with Crippen LogP contribution in [0.2, 0.25) is 0 Å². The van der Waals surface area contributed by atoms with E-state index in [9.17, 15) is 4.79 Å². The van der Waals surface area contributed by atoms with Crippen molar-refractivity contribution in [1.82, 2.24) is 10.2 Å². The Balaban J connectivity index is 1.83. The smallest absolute Gasteiger partial charge is 0.245 e. The van der Waals surface area contributed by atoms with E-state index in [0.29, 0.717) is 12.5 Å². The first-order chi connectivity index (χ1) is 10.1. The van der Waals surface area contributed by atoms with Crippen molar-refractivity contribution < 1.29 is 9.53 Å².